The molecule has 0 bridgehead atoms. The molecule has 0 saturated carbocycles. The van der Waals surface area contributed by atoms with E-state index in [0.717, 1.165) is 11.3 Å². The number of hydrogen-bond acceptors (Lipinski definition) is 3. The highest BCUT2D eigenvalue weighted by atomic mass is 15.4. The standard InChI is InChI=1S/C12H16N4/c1-8-5-4-6-9(2)11(8)12(13)10-7-14-15-16(10)3/h4-7,12H,13H2,1-3H3. The van der Waals surface area contributed by atoms with Gasteiger partial charge in [-0.2, -0.15) is 0 Å². The van der Waals surface area contributed by atoms with Gasteiger partial charge in [-0.05, 0) is 30.5 Å². The maximum atomic E-state index is 6.26. The van der Waals surface area contributed by atoms with Crippen molar-refractivity contribution in [3.05, 3.63) is 46.8 Å². The molecule has 2 N–H and O–H groups in total. The van der Waals surface area contributed by atoms with Crippen molar-refractivity contribution in [1.82, 2.24) is 15.0 Å². The number of rotatable bonds is 2. The molecule has 0 fully saturated rings. The summed E-state index contributed by atoms with van der Waals surface area (Å²) in [6.45, 7) is 4.15. The van der Waals surface area contributed by atoms with E-state index in [-0.39, 0.29) is 6.04 Å². The van der Waals surface area contributed by atoms with E-state index >= 15 is 0 Å². The highest BCUT2D eigenvalue weighted by Crippen LogP contribution is 2.24. The second-order valence-electron chi connectivity index (χ2n) is 4.07. The molecule has 0 aliphatic rings. The number of nitrogens with two attached hydrogens (primary N) is 1. The van der Waals surface area contributed by atoms with Gasteiger partial charge in [-0.3, -0.25) is 4.68 Å². The van der Waals surface area contributed by atoms with E-state index in [1.807, 2.05) is 13.1 Å². The van der Waals surface area contributed by atoms with Gasteiger partial charge in [0.1, 0.15) is 0 Å². The minimum absolute atomic E-state index is 0.166. The van der Waals surface area contributed by atoms with E-state index < -0.39 is 0 Å². The average Bonchev–Trinajstić information content (AvgIpc) is 2.64. The monoisotopic (exact) mass is 216 g/mol. The predicted molar refractivity (Wildman–Crippen MR) is 62.9 cm³/mol. The lowest BCUT2D eigenvalue weighted by Gasteiger charge is -2.17. The van der Waals surface area contributed by atoms with Crippen molar-refractivity contribution >= 4 is 0 Å². The highest BCUT2D eigenvalue weighted by molar-refractivity contribution is 5.39. The van der Waals surface area contributed by atoms with E-state index in [4.69, 9.17) is 5.73 Å². The minimum Gasteiger partial charge on any atom is -0.319 e. The molecule has 4 nitrogen and oxygen atoms in total. The fraction of sp³-hybridized carbons (Fsp3) is 0.333. The Morgan fingerprint density at radius 2 is 1.88 bits per heavy atom. The molecule has 1 heterocycles. The van der Waals surface area contributed by atoms with Gasteiger partial charge in [-0.1, -0.05) is 23.4 Å². The first kappa shape index (κ1) is 10.8. The molecule has 0 aliphatic heterocycles. The summed E-state index contributed by atoms with van der Waals surface area (Å²) in [5.74, 6) is 0. The number of aryl methyl sites for hydroxylation is 3. The molecular weight excluding hydrogens is 200 g/mol. The maximum absolute atomic E-state index is 6.26. The SMILES string of the molecule is Cc1cccc(C)c1C(N)c1cnnn1C. The first-order chi connectivity index (χ1) is 7.61. The lowest BCUT2D eigenvalue weighted by molar-refractivity contribution is 0.648. The first-order valence-corrected chi connectivity index (χ1v) is 5.27. The molecule has 0 saturated heterocycles. The van der Waals surface area contributed by atoms with Crippen LogP contribution in [-0.2, 0) is 7.05 Å². The van der Waals surface area contributed by atoms with Gasteiger partial charge in [-0.25, -0.2) is 0 Å². The highest BCUT2D eigenvalue weighted by Gasteiger charge is 2.16. The van der Waals surface area contributed by atoms with Crippen LogP contribution in [0.3, 0.4) is 0 Å². The molecule has 1 aromatic carbocycles. The van der Waals surface area contributed by atoms with Gasteiger partial charge in [0.25, 0.3) is 0 Å². The Kier molecular flexibility index (Phi) is 2.75. The Bertz CT molecular complexity index is 481. The summed E-state index contributed by atoms with van der Waals surface area (Å²) in [7, 11) is 1.86. The fourth-order valence-electron chi connectivity index (χ4n) is 2.05. The van der Waals surface area contributed by atoms with Crippen LogP contribution < -0.4 is 5.73 Å². The number of nitrogens with zero attached hydrogens (tertiary/aromatic N) is 3. The molecule has 1 atom stereocenters. The van der Waals surface area contributed by atoms with Crippen molar-refractivity contribution in [2.45, 2.75) is 19.9 Å². The Morgan fingerprint density at radius 3 is 2.38 bits per heavy atom. The molecule has 0 radical (unpaired) electrons. The van der Waals surface area contributed by atoms with Crippen LogP contribution in [0.5, 0.6) is 0 Å². The molecule has 0 aliphatic carbocycles. The first-order valence-electron chi connectivity index (χ1n) is 5.27. The zero-order chi connectivity index (χ0) is 11.7. The van der Waals surface area contributed by atoms with Crippen molar-refractivity contribution in [2.75, 3.05) is 0 Å². The molecule has 0 spiro atoms. The van der Waals surface area contributed by atoms with Crippen LogP contribution >= 0.6 is 0 Å². The van der Waals surface area contributed by atoms with Crippen LogP contribution in [0, 0.1) is 13.8 Å². The van der Waals surface area contributed by atoms with Gasteiger partial charge in [0, 0.05) is 7.05 Å². The van der Waals surface area contributed by atoms with Crippen molar-refractivity contribution in [1.29, 1.82) is 0 Å². The van der Waals surface area contributed by atoms with E-state index in [9.17, 15) is 0 Å². The molecular formula is C12H16N4. The Hall–Kier alpha value is -1.68. The Balaban J connectivity index is 2.49. The number of benzene rings is 1. The molecule has 0 amide bonds. The molecule has 2 rings (SSSR count). The van der Waals surface area contributed by atoms with Gasteiger partial charge >= 0.3 is 0 Å². The third-order valence-electron chi connectivity index (χ3n) is 2.92. The summed E-state index contributed by atoms with van der Waals surface area (Å²) in [4.78, 5) is 0. The van der Waals surface area contributed by atoms with E-state index in [0.29, 0.717) is 0 Å². The molecule has 1 aromatic heterocycles. The molecule has 16 heavy (non-hydrogen) atoms. The summed E-state index contributed by atoms with van der Waals surface area (Å²) < 4.78 is 1.72. The van der Waals surface area contributed by atoms with Gasteiger partial charge in [0.15, 0.2) is 0 Å². The Labute approximate surface area is 95.1 Å². The van der Waals surface area contributed by atoms with Gasteiger partial charge in [0.2, 0.25) is 0 Å². The maximum Gasteiger partial charge on any atom is 0.0796 e. The van der Waals surface area contributed by atoms with Crippen molar-refractivity contribution in [3.8, 4) is 0 Å². The summed E-state index contributed by atoms with van der Waals surface area (Å²) in [5, 5.41) is 7.77. The second kappa shape index (κ2) is 4.06. The van der Waals surface area contributed by atoms with E-state index in [1.165, 1.54) is 11.1 Å². The lowest BCUT2D eigenvalue weighted by Crippen LogP contribution is -2.18. The van der Waals surface area contributed by atoms with Gasteiger partial charge in [-0.15, -0.1) is 5.10 Å². The molecule has 1 unspecified atom stereocenters. The second-order valence-corrected chi connectivity index (χ2v) is 4.07. The summed E-state index contributed by atoms with van der Waals surface area (Å²) >= 11 is 0. The molecule has 4 heteroatoms. The quantitative estimate of drug-likeness (QED) is 0.827. The Morgan fingerprint density at radius 1 is 1.25 bits per heavy atom. The summed E-state index contributed by atoms with van der Waals surface area (Å²) in [6.07, 6.45) is 1.72. The van der Waals surface area contributed by atoms with Crippen molar-refractivity contribution in [3.63, 3.8) is 0 Å². The van der Waals surface area contributed by atoms with Crippen LogP contribution in [0.1, 0.15) is 28.4 Å². The molecule has 84 valence electrons. The third-order valence-corrected chi connectivity index (χ3v) is 2.92. The summed E-state index contributed by atoms with van der Waals surface area (Å²) in [5.41, 5.74) is 10.8. The van der Waals surface area contributed by atoms with Crippen molar-refractivity contribution < 1.29 is 0 Å². The van der Waals surface area contributed by atoms with E-state index in [2.05, 4.69) is 36.3 Å². The van der Waals surface area contributed by atoms with Crippen LogP contribution in [0.2, 0.25) is 0 Å². The third kappa shape index (κ3) is 1.72. The normalized spacial score (nSPS) is 12.8. The predicted octanol–water partition coefficient (Wildman–Crippen LogP) is 1.48. The number of aromatic nitrogens is 3. The lowest BCUT2D eigenvalue weighted by atomic mass is 9.95. The largest absolute Gasteiger partial charge is 0.319 e. The topological polar surface area (TPSA) is 56.7 Å². The molecule has 2 aromatic rings. The smallest absolute Gasteiger partial charge is 0.0796 e. The summed E-state index contributed by atoms with van der Waals surface area (Å²) in [6, 6.07) is 6.03. The van der Waals surface area contributed by atoms with Crippen LogP contribution in [0.4, 0.5) is 0 Å². The average molecular weight is 216 g/mol. The zero-order valence-corrected chi connectivity index (χ0v) is 9.81. The van der Waals surface area contributed by atoms with Crippen molar-refractivity contribution in [2.24, 2.45) is 12.8 Å². The van der Waals surface area contributed by atoms with Gasteiger partial charge < -0.3 is 5.73 Å². The fourth-order valence-corrected chi connectivity index (χ4v) is 2.05. The van der Waals surface area contributed by atoms with Crippen LogP contribution in [0.15, 0.2) is 24.4 Å². The van der Waals surface area contributed by atoms with Gasteiger partial charge in [0.05, 0.1) is 17.9 Å². The minimum atomic E-state index is -0.166. The number of hydrogen-bond donors (Lipinski definition) is 1. The van der Waals surface area contributed by atoms with E-state index in [1.54, 1.807) is 10.9 Å². The van der Waals surface area contributed by atoms with Crippen LogP contribution in [0.25, 0.3) is 0 Å². The van der Waals surface area contributed by atoms with Crippen LogP contribution in [-0.4, -0.2) is 15.0 Å². The zero-order valence-electron chi connectivity index (χ0n) is 9.81.